The maximum Gasteiger partial charge on any atom is 0.132 e. The molecule has 0 unspecified atom stereocenters. The molecular formula is C12H20N4O. The molecule has 1 aliphatic rings. The second kappa shape index (κ2) is 4.87. The van der Waals surface area contributed by atoms with Gasteiger partial charge in [0, 0.05) is 13.1 Å². The number of nitrogens with one attached hydrogen (secondary N) is 2. The van der Waals surface area contributed by atoms with Gasteiger partial charge < -0.3 is 15.7 Å². The molecule has 1 aromatic rings. The maximum absolute atomic E-state index is 9.55. The first-order valence-corrected chi connectivity index (χ1v) is 6.10. The molecule has 0 amide bonds. The van der Waals surface area contributed by atoms with Crippen LogP contribution in [0.1, 0.15) is 31.5 Å². The quantitative estimate of drug-likeness (QED) is 0.740. The third-order valence-corrected chi connectivity index (χ3v) is 3.35. The van der Waals surface area contributed by atoms with Crippen molar-refractivity contribution in [2.45, 2.75) is 38.1 Å². The van der Waals surface area contributed by atoms with Crippen LogP contribution < -0.4 is 10.6 Å². The van der Waals surface area contributed by atoms with Gasteiger partial charge >= 0.3 is 0 Å². The number of rotatable bonds is 4. The van der Waals surface area contributed by atoms with Crippen LogP contribution >= 0.6 is 0 Å². The van der Waals surface area contributed by atoms with E-state index >= 15 is 0 Å². The van der Waals surface area contributed by atoms with E-state index in [9.17, 15) is 5.11 Å². The zero-order valence-electron chi connectivity index (χ0n) is 10.5. The van der Waals surface area contributed by atoms with Gasteiger partial charge in [0.1, 0.15) is 17.5 Å². The minimum Gasteiger partial charge on any atom is -0.394 e. The average molecular weight is 236 g/mol. The molecule has 94 valence electrons. The molecule has 17 heavy (non-hydrogen) atoms. The smallest absolute Gasteiger partial charge is 0.132 e. The van der Waals surface area contributed by atoms with Crippen molar-refractivity contribution in [1.82, 2.24) is 9.97 Å². The maximum atomic E-state index is 9.55. The Morgan fingerprint density at radius 3 is 2.53 bits per heavy atom. The standard InChI is InChI=1S/C12H20N4O/c1-9-14-10(13-2)7-11(15-9)16-12(8-17)5-3-4-6-12/h7,17H,3-6,8H2,1-2H3,(H2,13,14,15,16). The summed E-state index contributed by atoms with van der Waals surface area (Å²) in [4.78, 5) is 8.62. The van der Waals surface area contributed by atoms with Crippen LogP contribution in [-0.4, -0.2) is 34.3 Å². The molecule has 0 atom stereocenters. The van der Waals surface area contributed by atoms with E-state index in [1.807, 2.05) is 20.0 Å². The summed E-state index contributed by atoms with van der Waals surface area (Å²) in [6.07, 6.45) is 4.33. The lowest BCUT2D eigenvalue weighted by molar-refractivity contribution is 0.214. The Hall–Kier alpha value is -1.36. The predicted octanol–water partition coefficient (Wildman–Crippen LogP) is 1.54. The van der Waals surface area contributed by atoms with Gasteiger partial charge in [0.2, 0.25) is 0 Å². The van der Waals surface area contributed by atoms with Crippen molar-refractivity contribution >= 4 is 11.6 Å². The number of aliphatic hydroxyl groups excluding tert-OH is 1. The van der Waals surface area contributed by atoms with Gasteiger partial charge in [-0.3, -0.25) is 0 Å². The van der Waals surface area contributed by atoms with E-state index in [4.69, 9.17) is 0 Å². The number of hydrogen-bond donors (Lipinski definition) is 3. The number of aryl methyl sites for hydroxylation is 1. The lowest BCUT2D eigenvalue weighted by Gasteiger charge is -2.28. The Bertz CT molecular complexity index is 388. The molecule has 0 bridgehead atoms. The molecule has 1 saturated carbocycles. The Balaban J connectivity index is 2.19. The molecule has 1 heterocycles. The minimum atomic E-state index is -0.189. The first kappa shape index (κ1) is 12.1. The molecule has 0 radical (unpaired) electrons. The third kappa shape index (κ3) is 2.66. The average Bonchev–Trinajstić information content (AvgIpc) is 2.77. The van der Waals surface area contributed by atoms with E-state index in [0.29, 0.717) is 0 Å². The van der Waals surface area contributed by atoms with Gasteiger partial charge in [0.25, 0.3) is 0 Å². The molecule has 1 aliphatic carbocycles. The third-order valence-electron chi connectivity index (χ3n) is 3.35. The second-order valence-corrected chi connectivity index (χ2v) is 4.71. The predicted molar refractivity (Wildman–Crippen MR) is 68.2 cm³/mol. The molecule has 0 spiro atoms. The highest BCUT2D eigenvalue weighted by Gasteiger charge is 2.33. The molecule has 5 nitrogen and oxygen atoms in total. The largest absolute Gasteiger partial charge is 0.394 e. The van der Waals surface area contributed by atoms with E-state index < -0.39 is 0 Å². The molecule has 5 heteroatoms. The summed E-state index contributed by atoms with van der Waals surface area (Å²) in [6, 6.07) is 1.88. The Morgan fingerprint density at radius 2 is 1.94 bits per heavy atom. The summed E-state index contributed by atoms with van der Waals surface area (Å²) < 4.78 is 0. The van der Waals surface area contributed by atoms with Crippen molar-refractivity contribution in [2.75, 3.05) is 24.3 Å². The van der Waals surface area contributed by atoms with Gasteiger partial charge in [0.15, 0.2) is 0 Å². The van der Waals surface area contributed by atoms with E-state index in [1.165, 1.54) is 0 Å². The van der Waals surface area contributed by atoms with Gasteiger partial charge in [-0.15, -0.1) is 0 Å². The Morgan fingerprint density at radius 1 is 1.29 bits per heavy atom. The van der Waals surface area contributed by atoms with E-state index in [0.717, 1.165) is 43.1 Å². The second-order valence-electron chi connectivity index (χ2n) is 4.71. The van der Waals surface area contributed by atoms with Crippen LogP contribution in [0.3, 0.4) is 0 Å². The summed E-state index contributed by atoms with van der Waals surface area (Å²) in [6.45, 7) is 2.03. The lowest BCUT2D eigenvalue weighted by atomic mass is 9.99. The van der Waals surface area contributed by atoms with Crippen LogP contribution in [-0.2, 0) is 0 Å². The summed E-state index contributed by atoms with van der Waals surface area (Å²) in [7, 11) is 1.84. The van der Waals surface area contributed by atoms with Crippen LogP contribution in [0.2, 0.25) is 0 Å². The molecule has 0 aromatic carbocycles. The van der Waals surface area contributed by atoms with Crippen LogP contribution in [0.25, 0.3) is 0 Å². The highest BCUT2D eigenvalue weighted by Crippen LogP contribution is 2.32. The zero-order chi connectivity index (χ0) is 12.3. The molecule has 1 aromatic heterocycles. The number of aromatic nitrogens is 2. The molecule has 0 aliphatic heterocycles. The monoisotopic (exact) mass is 236 g/mol. The van der Waals surface area contributed by atoms with Crippen molar-refractivity contribution in [3.8, 4) is 0 Å². The van der Waals surface area contributed by atoms with Gasteiger partial charge in [0.05, 0.1) is 12.1 Å². The van der Waals surface area contributed by atoms with Crippen molar-refractivity contribution < 1.29 is 5.11 Å². The first-order valence-electron chi connectivity index (χ1n) is 6.10. The van der Waals surface area contributed by atoms with Gasteiger partial charge in [-0.25, -0.2) is 9.97 Å². The van der Waals surface area contributed by atoms with Gasteiger partial charge in [-0.05, 0) is 19.8 Å². The fraction of sp³-hybridized carbons (Fsp3) is 0.667. The summed E-state index contributed by atoms with van der Waals surface area (Å²) in [5, 5.41) is 15.9. The van der Waals surface area contributed by atoms with Crippen LogP contribution in [0, 0.1) is 6.92 Å². The zero-order valence-corrected chi connectivity index (χ0v) is 10.5. The summed E-state index contributed by atoms with van der Waals surface area (Å²) in [5.41, 5.74) is -0.189. The normalized spacial score (nSPS) is 18.1. The highest BCUT2D eigenvalue weighted by atomic mass is 16.3. The van der Waals surface area contributed by atoms with Crippen molar-refractivity contribution in [2.24, 2.45) is 0 Å². The van der Waals surface area contributed by atoms with E-state index in [1.54, 1.807) is 0 Å². The highest BCUT2D eigenvalue weighted by molar-refractivity contribution is 5.48. The fourth-order valence-electron chi connectivity index (χ4n) is 2.41. The number of aliphatic hydroxyl groups is 1. The van der Waals surface area contributed by atoms with E-state index in [2.05, 4.69) is 20.6 Å². The van der Waals surface area contributed by atoms with E-state index in [-0.39, 0.29) is 12.1 Å². The van der Waals surface area contributed by atoms with Crippen molar-refractivity contribution in [3.63, 3.8) is 0 Å². The van der Waals surface area contributed by atoms with Gasteiger partial charge in [-0.1, -0.05) is 12.8 Å². The number of hydrogen-bond acceptors (Lipinski definition) is 5. The Labute approximate surface area is 102 Å². The molecule has 0 saturated heterocycles. The lowest BCUT2D eigenvalue weighted by Crippen LogP contribution is -2.39. The van der Waals surface area contributed by atoms with Gasteiger partial charge in [-0.2, -0.15) is 0 Å². The van der Waals surface area contributed by atoms with Crippen LogP contribution in [0.5, 0.6) is 0 Å². The molecule has 3 N–H and O–H groups in total. The molecule has 1 fully saturated rings. The SMILES string of the molecule is CNc1cc(NC2(CO)CCCC2)nc(C)n1. The number of anilines is 2. The summed E-state index contributed by atoms with van der Waals surface area (Å²) >= 11 is 0. The molecule has 2 rings (SSSR count). The Kier molecular flexibility index (Phi) is 3.47. The van der Waals surface area contributed by atoms with Crippen LogP contribution in [0.4, 0.5) is 11.6 Å². The van der Waals surface area contributed by atoms with Crippen LogP contribution in [0.15, 0.2) is 6.07 Å². The van der Waals surface area contributed by atoms with Crippen molar-refractivity contribution in [3.05, 3.63) is 11.9 Å². The summed E-state index contributed by atoms with van der Waals surface area (Å²) in [5.74, 6) is 2.31. The number of nitrogens with zero attached hydrogens (tertiary/aromatic N) is 2. The topological polar surface area (TPSA) is 70.1 Å². The minimum absolute atomic E-state index is 0.158. The van der Waals surface area contributed by atoms with Crippen molar-refractivity contribution in [1.29, 1.82) is 0 Å². The first-order chi connectivity index (χ1) is 8.17. The fourth-order valence-corrected chi connectivity index (χ4v) is 2.41. The molecular weight excluding hydrogens is 216 g/mol.